The number of amides is 2. The Morgan fingerprint density at radius 1 is 1.06 bits per heavy atom. The molecule has 0 spiro atoms. The van der Waals surface area contributed by atoms with Gasteiger partial charge in [-0.3, -0.25) is 4.79 Å². The minimum Gasteiger partial charge on any atom is -0.479 e. The Bertz CT molecular complexity index is 1090. The Morgan fingerprint density at radius 3 is 2.15 bits per heavy atom. The lowest BCUT2D eigenvalue weighted by Gasteiger charge is -2.23. The number of carboxylic acids is 1. The highest BCUT2D eigenvalue weighted by Gasteiger charge is 2.72. The zero-order valence-corrected chi connectivity index (χ0v) is 18.3. The van der Waals surface area contributed by atoms with E-state index >= 15 is 0 Å². The van der Waals surface area contributed by atoms with Crippen LogP contribution in [0.15, 0.2) is 48.5 Å². The monoisotopic (exact) mass is 474 g/mol. The highest BCUT2D eigenvalue weighted by atomic mass is 19.3. The van der Waals surface area contributed by atoms with Gasteiger partial charge in [-0.15, -0.1) is 0 Å². The molecule has 2 aromatic rings. The number of ether oxygens (including phenoxy) is 1. The van der Waals surface area contributed by atoms with Crippen molar-refractivity contribution in [2.75, 3.05) is 19.8 Å². The molecular formula is C24H24F2N2O6. The number of carbonyl (C=O) groups excluding carboxylic acids is 2. The van der Waals surface area contributed by atoms with Crippen molar-refractivity contribution >= 4 is 18.0 Å². The normalized spacial score (nSPS) is 21.5. The van der Waals surface area contributed by atoms with E-state index in [1.807, 2.05) is 53.8 Å². The van der Waals surface area contributed by atoms with Crippen molar-refractivity contribution < 1.29 is 38.1 Å². The van der Waals surface area contributed by atoms with Crippen molar-refractivity contribution in [3.05, 3.63) is 59.7 Å². The van der Waals surface area contributed by atoms with E-state index in [9.17, 15) is 28.3 Å². The highest BCUT2D eigenvalue weighted by molar-refractivity contribution is 5.90. The van der Waals surface area contributed by atoms with Gasteiger partial charge in [0, 0.05) is 12.5 Å². The molecule has 2 amide bonds. The highest BCUT2D eigenvalue weighted by Crippen LogP contribution is 2.55. The molecule has 1 saturated carbocycles. The van der Waals surface area contributed by atoms with Crippen LogP contribution < -0.4 is 10.6 Å². The molecule has 0 aliphatic heterocycles. The van der Waals surface area contributed by atoms with Crippen LogP contribution in [0.1, 0.15) is 24.0 Å². The number of hydrogen-bond donors (Lipinski definition) is 4. The fourth-order valence-corrected chi connectivity index (χ4v) is 4.35. The fraction of sp³-hybridized carbons (Fsp3) is 0.375. The van der Waals surface area contributed by atoms with Gasteiger partial charge in [0.1, 0.15) is 12.5 Å². The summed E-state index contributed by atoms with van der Waals surface area (Å²) < 4.78 is 33.6. The van der Waals surface area contributed by atoms with E-state index < -0.39 is 54.4 Å². The summed E-state index contributed by atoms with van der Waals surface area (Å²) in [5.74, 6) is -9.69. The lowest BCUT2D eigenvalue weighted by atomic mass is 9.98. The molecule has 3 atom stereocenters. The van der Waals surface area contributed by atoms with Crippen molar-refractivity contribution in [3.63, 3.8) is 0 Å². The molecule has 2 aromatic carbocycles. The van der Waals surface area contributed by atoms with Gasteiger partial charge in [-0.05, 0) is 29.2 Å². The zero-order chi connectivity index (χ0) is 24.7. The van der Waals surface area contributed by atoms with E-state index in [4.69, 9.17) is 9.84 Å². The van der Waals surface area contributed by atoms with Gasteiger partial charge in [0.05, 0.1) is 12.5 Å². The van der Waals surface area contributed by atoms with Crippen LogP contribution in [0.4, 0.5) is 13.6 Å². The number of alkyl halides is 2. The molecule has 0 bridgehead atoms. The van der Waals surface area contributed by atoms with E-state index in [-0.39, 0.29) is 12.5 Å². The molecule has 34 heavy (non-hydrogen) atoms. The predicted octanol–water partition coefficient (Wildman–Crippen LogP) is 2.36. The van der Waals surface area contributed by atoms with Crippen LogP contribution in [0.2, 0.25) is 0 Å². The third-order valence-electron chi connectivity index (χ3n) is 6.48. The maximum atomic E-state index is 14.1. The molecule has 4 N–H and O–H groups in total. The van der Waals surface area contributed by atoms with E-state index in [2.05, 4.69) is 5.32 Å². The van der Waals surface area contributed by atoms with Crippen LogP contribution in [0.25, 0.3) is 11.1 Å². The number of aliphatic hydroxyl groups is 1. The molecular weight excluding hydrogens is 450 g/mol. The van der Waals surface area contributed by atoms with Gasteiger partial charge < -0.3 is 25.6 Å². The molecule has 180 valence electrons. The van der Waals surface area contributed by atoms with Crippen molar-refractivity contribution in [2.24, 2.45) is 11.8 Å². The fourth-order valence-electron chi connectivity index (χ4n) is 4.35. The van der Waals surface area contributed by atoms with Gasteiger partial charge in [0.15, 0.2) is 5.54 Å². The van der Waals surface area contributed by atoms with Gasteiger partial charge in [0.25, 0.3) is 5.92 Å². The summed E-state index contributed by atoms with van der Waals surface area (Å²) in [5, 5.41) is 22.5. The molecule has 2 aliphatic rings. The van der Waals surface area contributed by atoms with Crippen molar-refractivity contribution in [2.45, 2.75) is 24.3 Å². The standard InChI is InChI=1S/C24H24F2N2O6/c1-23(12-29,21(31)32)28-20(30)19-18(24(19,25)26)10-27-22(33)34-11-17-15-8-4-2-6-13(15)14-7-3-5-9-16(14)17/h2-9,17-19,29H,10-12H2,1H3,(H,27,33)(H,28,30)(H,31,32)/t18-,19-,23?/m0/s1. The second-order valence-corrected chi connectivity index (χ2v) is 8.75. The molecule has 1 fully saturated rings. The summed E-state index contributed by atoms with van der Waals surface area (Å²) in [5.41, 5.74) is 2.03. The first-order valence-electron chi connectivity index (χ1n) is 10.7. The largest absolute Gasteiger partial charge is 0.479 e. The third-order valence-corrected chi connectivity index (χ3v) is 6.48. The van der Waals surface area contributed by atoms with Gasteiger partial charge in [0.2, 0.25) is 5.91 Å². The lowest BCUT2D eigenvalue weighted by molar-refractivity contribution is -0.149. The summed E-state index contributed by atoms with van der Waals surface area (Å²) in [7, 11) is 0. The summed E-state index contributed by atoms with van der Waals surface area (Å²) in [6, 6.07) is 15.5. The quantitative estimate of drug-likeness (QED) is 0.466. The first-order chi connectivity index (χ1) is 16.1. The number of nitrogens with one attached hydrogen (secondary N) is 2. The SMILES string of the molecule is CC(CO)(NC(=O)[C@@H]1[C@H](CNC(=O)OCC2c3ccccc3-c3ccccc32)C1(F)F)C(=O)O. The molecule has 0 heterocycles. The Hall–Kier alpha value is -3.53. The Kier molecular flexibility index (Phi) is 6.03. The first-order valence-corrected chi connectivity index (χ1v) is 10.7. The summed E-state index contributed by atoms with van der Waals surface area (Å²) >= 11 is 0. The summed E-state index contributed by atoms with van der Waals surface area (Å²) in [4.78, 5) is 35.6. The average Bonchev–Trinajstić information content (AvgIpc) is 3.22. The summed E-state index contributed by atoms with van der Waals surface area (Å²) in [6.07, 6.45) is -0.894. The van der Waals surface area contributed by atoms with Crippen molar-refractivity contribution in [3.8, 4) is 11.1 Å². The predicted molar refractivity (Wildman–Crippen MR) is 116 cm³/mol. The van der Waals surface area contributed by atoms with Crippen LogP contribution >= 0.6 is 0 Å². The van der Waals surface area contributed by atoms with Crippen LogP contribution in [-0.4, -0.2) is 59.4 Å². The Balaban J connectivity index is 1.33. The maximum absolute atomic E-state index is 14.1. The topological polar surface area (TPSA) is 125 Å². The smallest absolute Gasteiger partial charge is 0.407 e. The number of carboxylic acid groups (broad SMARTS) is 1. The molecule has 10 heteroatoms. The number of hydrogen-bond acceptors (Lipinski definition) is 5. The lowest BCUT2D eigenvalue weighted by Crippen LogP contribution is -2.55. The number of carbonyl (C=O) groups is 3. The molecule has 8 nitrogen and oxygen atoms in total. The number of benzene rings is 2. The average molecular weight is 474 g/mol. The molecule has 0 aromatic heterocycles. The number of halogens is 2. The van der Waals surface area contributed by atoms with Crippen LogP contribution in [0.5, 0.6) is 0 Å². The number of alkyl carbamates (subject to hydrolysis) is 1. The second kappa shape index (κ2) is 8.68. The maximum Gasteiger partial charge on any atom is 0.407 e. The number of rotatable bonds is 8. The minimum absolute atomic E-state index is 0.0122. The number of aliphatic carboxylic acids is 1. The molecule has 0 saturated heterocycles. The van der Waals surface area contributed by atoms with E-state index in [0.717, 1.165) is 29.2 Å². The van der Waals surface area contributed by atoms with E-state index in [1.54, 1.807) is 0 Å². The Morgan fingerprint density at radius 2 is 1.62 bits per heavy atom. The van der Waals surface area contributed by atoms with Gasteiger partial charge >= 0.3 is 12.1 Å². The molecule has 4 rings (SSSR count). The van der Waals surface area contributed by atoms with Crippen molar-refractivity contribution in [1.82, 2.24) is 10.6 Å². The third kappa shape index (κ3) is 4.09. The zero-order valence-electron chi connectivity index (χ0n) is 18.3. The summed E-state index contributed by atoms with van der Waals surface area (Å²) in [6.45, 7) is -0.463. The molecule has 1 unspecified atom stereocenters. The van der Waals surface area contributed by atoms with E-state index in [1.165, 1.54) is 0 Å². The molecule has 2 aliphatic carbocycles. The van der Waals surface area contributed by atoms with Gasteiger partial charge in [-0.25, -0.2) is 18.4 Å². The number of fused-ring (bicyclic) bond motifs is 3. The minimum atomic E-state index is -3.42. The van der Waals surface area contributed by atoms with Crippen molar-refractivity contribution in [1.29, 1.82) is 0 Å². The number of aliphatic hydroxyl groups excluding tert-OH is 1. The van der Waals surface area contributed by atoms with Gasteiger partial charge in [-0.1, -0.05) is 48.5 Å². The van der Waals surface area contributed by atoms with Gasteiger partial charge in [-0.2, -0.15) is 0 Å². The van der Waals surface area contributed by atoms with Crippen LogP contribution in [0, 0.1) is 11.8 Å². The first kappa shape index (κ1) is 23.6. The van der Waals surface area contributed by atoms with Crippen LogP contribution in [-0.2, 0) is 14.3 Å². The second-order valence-electron chi connectivity index (χ2n) is 8.75. The molecule has 0 radical (unpaired) electrons. The Labute approximate surface area is 193 Å². The van der Waals surface area contributed by atoms with E-state index in [0.29, 0.717) is 0 Å². The van der Waals surface area contributed by atoms with Crippen LogP contribution in [0.3, 0.4) is 0 Å².